The van der Waals surface area contributed by atoms with E-state index in [4.69, 9.17) is 0 Å². The van der Waals surface area contributed by atoms with Gasteiger partial charge in [0.15, 0.2) is 0 Å². The zero-order valence-corrected chi connectivity index (χ0v) is 10.8. The lowest BCUT2D eigenvalue weighted by molar-refractivity contribution is -0.121. The summed E-state index contributed by atoms with van der Waals surface area (Å²) < 4.78 is 0. The Morgan fingerprint density at radius 1 is 1.47 bits per heavy atom. The summed E-state index contributed by atoms with van der Waals surface area (Å²) in [6, 6.07) is 0.487. The molecule has 1 aliphatic heterocycles. The maximum Gasteiger partial charge on any atom is 0.220 e. The fourth-order valence-electron chi connectivity index (χ4n) is 2.75. The Hall–Kier alpha value is -0.830. The standard InChI is InChI=1S/C14H24N2O/c1-12(16-8-4-5-9-16)11-15-14(17)10-13-6-2-3-7-13/h2,6,12-13H,3-5,7-11H2,1H3,(H,15,17)/t12-,13-/m0/s1. The summed E-state index contributed by atoms with van der Waals surface area (Å²) in [6.07, 6.45) is 9.95. The van der Waals surface area contributed by atoms with Crippen molar-refractivity contribution < 1.29 is 4.79 Å². The first kappa shape index (κ1) is 12.6. The minimum Gasteiger partial charge on any atom is -0.355 e. The fraction of sp³-hybridized carbons (Fsp3) is 0.786. The number of nitrogens with zero attached hydrogens (tertiary/aromatic N) is 1. The van der Waals surface area contributed by atoms with Crippen LogP contribution in [0.1, 0.15) is 39.0 Å². The van der Waals surface area contributed by atoms with Crippen molar-refractivity contribution in [1.82, 2.24) is 10.2 Å². The number of carbonyl (C=O) groups excluding carboxylic acids is 1. The van der Waals surface area contributed by atoms with Crippen molar-refractivity contribution in [2.45, 2.75) is 45.1 Å². The van der Waals surface area contributed by atoms with Gasteiger partial charge in [-0.2, -0.15) is 0 Å². The third kappa shape index (κ3) is 3.84. The van der Waals surface area contributed by atoms with Crippen molar-refractivity contribution in [3.05, 3.63) is 12.2 Å². The Morgan fingerprint density at radius 3 is 2.88 bits per heavy atom. The molecule has 3 heteroatoms. The van der Waals surface area contributed by atoms with Crippen LogP contribution in [0.3, 0.4) is 0 Å². The molecule has 2 aliphatic rings. The highest BCUT2D eigenvalue weighted by molar-refractivity contribution is 5.76. The molecule has 3 nitrogen and oxygen atoms in total. The zero-order chi connectivity index (χ0) is 12.1. The molecule has 96 valence electrons. The molecule has 1 aliphatic carbocycles. The number of allylic oxidation sites excluding steroid dienone is 2. The average Bonchev–Trinajstić information content (AvgIpc) is 2.97. The fourth-order valence-corrected chi connectivity index (χ4v) is 2.75. The van der Waals surface area contributed by atoms with Gasteiger partial charge >= 0.3 is 0 Å². The van der Waals surface area contributed by atoms with Gasteiger partial charge in [-0.05, 0) is 51.6 Å². The van der Waals surface area contributed by atoms with Crippen LogP contribution in [0.4, 0.5) is 0 Å². The topological polar surface area (TPSA) is 32.3 Å². The largest absolute Gasteiger partial charge is 0.355 e. The van der Waals surface area contributed by atoms with Crippen LogP contribution in [-0.2, 0) is 4.79 Å². The van der Waals surface area contributed by atoms with Crippen LogP contribution in [0.25, 0.3) is 0 Å². The van der Waals surface area contributed by atoms with Crippen LogP contribution in [0.2, 0.25) is 0 Å². The van der Waals surface area contributed by atoms with Crippen LogP contribution in [0.5, 0.6) is 0 Å². The molecular formula is C14H24N2O. The molecule has 1 saturated heterocycles. The predicted octanol–water partition coefficient (Wildman–Crippen LogP) is 1.94. The molecule has 2 atom stereocenters. The van der Waals surface area contributed by atoms with Gasteiger partial charge in [0.25, 0.3) is 0 Å². The average molecular weight is 236 g/mol. The number of nitrogens with one attached hydrogen (secondary N) is 1. The first-order valence-corrected chi connectivity index (χ1v) is 6.93. The molecule has 0 unspecified atom stereocenters. The molecule has 0 bridgehead atoms. The Morgan fingerprint density at radius 2 is 2.24 bits per heavy atom. The highest BCUT2D eigenvalue weighted by Gasteiger charge is 2.19. The van der Waals surface area contributed by atoms with Crippen molar-refractivity contribution >= 4 is 5.91 Å². The monoisotopic (exact) mass is 236 g/mol. The van der Waals surface area contributed by atoms with E-state index in [9.17, 15) is 4.79 Å². The van der Waals surface area contributed by atoms with Crippen LogP contribution < -0.4 is 5.32 Å². The van der Waals surface area contributed by atoms with E-state index in [1.807, 2.05) is 0 Å². The summed E-state index contributed by atoms with van der Waals surface area (Å²) in [5, 5.41) is 3.07. The highest BCUT2D eigenvalue weighted by atomic mass is 16.1. The summed E-state index contributed by atoms with van der Waals surface area (Å²) in [6.45, 7) is 5.40. The van der Waals surface area contributed by atoms with Crippen molar-refractivity contribution in [1.29, 1.82) is 0 Å². The summed E-state index contributed by atoms with van der Waals surface area (Å²) in [5.74, 6) is 0.699. The molecule has 0 aromatic carbocycles. The molecule has 1 amide bonds. The van der Waals surface area contributed by atoms with Gasteiger partial charge in [-0.15, -0.1) is 0 Å². The number of hydrogen-bond donors (Lipinski definition) is 1. The quantitative estimate of drug-likeness (QED) is 0.740. The second-order valence-electron chi connectivity index (χ2n) is 5.37. The summed E-state index contributed by atoms with van der Waals surface area (Å²) in [4.78, 5) is 14.2. The lowest BCUT2D eigenvalue weighted by Gasteiger charge is -2.24. The molecule has 0 aromatic heterocycles. The Balaban J connectivity index is 1.63. The lowest BCUT2D eigenvalue weighted by Crippen LogP contribution is -2.40. The van der Waals surface area contributed by atoms with Crippen molar-refractivity contribution in [2.75, 3.05) is 19.6 Å². The van der Waals surface area contributed by atoms with E-state index in [-0.39, 0.29) is 5.91 Å². The first-order chi connectivity index (χ1) is 8.25. The zero-order valence-electron chi connectivity index (χ0n) is 10.8. The van der Waals surface area contributed by atoms with Crippen LogP contribution in [0.15, 0.2) is 12.2 Å². The van der Waals surface area contributed by atoms with E-state index in [0.29, 0.717) is 18.4 Å². The first-order valence-electron chi connectivity index (χ1n) is 6.93. The predicted molar refractivity (Wildman–Crippen MR) is 69.8 cm³/mol. The number of rotatable bonds is 5. The van der Waals surface area contributed by atoms with Crippen LogP contribution in [0, 0.1) is 5.92 Å². The second kappa shape index (κ2) is 6.20. The third-order valence-electron chi connectivity index (χ3n) is 3.92. The maximum absolute atomic E-state index is 11.8. The Labute approximate surface area is 104 Å². The van der Waals surface area contributed by atoms with E-state index < -0.39 is 0 Å². The Kier molecular flexibility index (Phi) is 4.60. The number of carbonyl (C=O) groups is 1. The molecule has 1 heterocycles. The lowest BCUT2D eigenvalue weighted by atomic mass is 10.1. The molecule has 0 saturated carbocycles. The van der Waals surface area contributed by atoms with Gasteiger partial charge in [0.2, 0.25) is 5.91 Å². The molecule has 2 rings (SSSR count). The van der Waals surface area contributed by atoms with Crippen LogP contribution in [-0.4, -0.2) is 36.5 Å². The van der Waals surface area contributed by atoms with Gasteiger partial charge in [0.05, 0.1) is 0 Å². The molecule has 0 aromatic rings. The smallest absolute Gasteiger partial charge is 0.220 e. The molecule has 1 N–H and O–H groups in total. The van der Waals surface area contributed by atoms with E-state index in [0.717, 1.165) is 19.4 Å². The number of likely N-dealkylation sites (tertiary alicyclic amines) is 1. The molecule has 0 spiro atoms. The molecule has 1 fully saturated rings. The summed E-state index contributed by atoms with van der Waals surface area (Å²) in [7, 11) is 0. The van der Waals surface area contributed by atoms with Crippen LogP contribution >= 0.6 is 0 Å². The number of hydrogen-bond acceptors (Lipinski definition) is 2. The normalized spacial score (nSPS) is 26.3. The minimum absolute atomic E-state index is 0.215. The van der Waals surface area contributed by atoms with Gasteiger partial charge in [-0.25, -0.2) is 0 Å². The third-order valence-corrected chi connectivity index (χ3v) is 3.92. The molecule has 0 radical (unpaired) electrons. The van der Waals surface area contributed by atoms with E-state index in [1.54, 1.807) is 0 Å². The van der Waals surface area contributed by atoms with E-state index in [2.05, 4.69) is 29.3 Å². The van der Waals surface area contributed by atoms with Gasteiger partial charge in [0.1, 0.15) is 0 Å². The van der Waals surface area contributed by atoms with E-state index >= 15 is 0 Å². The van der Waals surface area contributed by atoms with Gasteiger partial charge < -0.3 is 5.32 Å². The van der Waals surface area contributed by atoms with Gasteiger partial charge in [-0.1, -0.05) is 12.2 Å². The van der Waals surface area contributed by atoms with Crippen molar-refractivity contribution in [3.63, 3.8) is 0 Å². The molecule has 17 heavy (non-hydrogen) atoms. The van der Waals surface area contributed by atoms with Crippen molar-refractivity contribution in [3.8, 4) is 0 Å². The highest BCUT2D eigenvalue weighted by Crippen LogP contribution is 2.20. The SMILES string of the molecule is C[C@@H](CNC(=O)C[C@H]1C=CCC1)N1CCCC1. The Bertz CT molecular complexity index is 282. The van der Waals surface area contributed by atoms with Crippen molar-refractivity contribution in [2.24, 2.45) is 5.92 Å². The minimum atomic E-state index is 0.215. The van der Waals surface area contributed by atoms with Gasteiger partial charge in [-0.3, -0.25) is 9.69 Å². The van der Waals surface area contributed by atoms with E-state index in [1.165, 1.54) is 25.9 Å². The second-order valence-corrected chi connectivity index (χ2v) is 5.37. The maximum atomic E-state index is 11.8. The summed E-state index contributed by atoms with van der Waals surface area (Å²) in [5.41, 5.74) is 0. The van der Waals surface area contributed by atoms with Gasteiger partial charge in [0, 0.05) is 19.0 Å². The number of amides is 1. The summed E-state index contributed by atoms with van der Waals surface area (Å²) >= 11 is 0. The molecular weight excluding hydrogens is 212 g/mol.